The average Bonchev–Trinajstić information content (AvgIpc) is 2.48. The van der Waals surface area contributed by atoms with Crippen molar-refractivity contribution in [1.29, 1.82) is 0 Å². The van der Waals surface area contributed by atoms with Crippen LogP contribution in [0.4, 0.5) is 0 Å². The monoisotopic (exact) mass is 353 g/mol. The summed E-state index contributed by atoms with van der Waals surface area (Å²) < 4.78 is 1.09. The lowest BCUT2D eigenvalue weighted by atomic mass is 9.92. The maximum Gasteiger partial charge on any atom is 0.307 e. The van der Waals surface area contributed by atoms with Crippen molar-refractivity contribution in [2.24, 2.45) is 5.92 Å². The molecule has 4 heteroatoms. The lowest BCUT2D eigenvalue weighted by molar-refractivity contribution is -0.144. The Bertz CT molecular complexity index is 478. The fourth-order valence-corrected chi connectivity index (χ4v) is 3.58. The average molecular weight is 354 g/mol. The number of hydrogen-bond acceptors (Lipinski definition) is 2. The van der Waals surface area contributed by atoms with Crippen LogP contribution < -0.4 is 0 Å². The van der Waals surface area contributed by atoms with E-state index in [1.54, 1.807) is 0 Å². The normalized spacial score (nSPS) is 21.1. The molecule has 2 unspecified atom stereocenters. The molecule has 0 spiro atoms. The third-order valence-electron chi connectivity index (χ3n) is 4.31. The molecule has 21 heavy (non-hydrogen) atoms. The second-order valence-electron chi connectivity index (χ2n) is 5.89. The Balaban J connectivity index is 2.17. The summed E-state index contributed by atoms with van der Waals surface area (Å²) in [6, 6.07) is 8.78. The highest BCUT2D eigenvalue weighted by Gasteiger charge is 2.30. The summed E-state index contributed by atoms with van der Waals surface area (Å²) in [7, 11) is 0. The second-order valence-corrected chi connectivity index (χ2v) is 6.80. The van der Waals surface area contributed by atoms with E-state index in [0.29, 0.717) is 12.6 Å². The van der Waals surface area contributed by atoms with Gasteiger partial charge in [-0.3, -0.25) is 9.69 Å². The van der Waals surface area contributed by atoms with Crippen molar-refractivity contribution in [2.75, 3.05) is 13.1 Å². The Morgan fingerprint density at radius 3 is 3.00 bits per heavy atom. The number of carboxylic acids is 1. The zero-order chi connectivity index (χ0) is 15.2. The second kappa shape index (κ2) is 7.95. The van der Waals surface area contributed by atoms with Gasteiger partial charge in [0.15, 0.2) is 0 Å². The van der Waals surface area contributed by atoms with Gasteiger partial charge in [0.2, 0.25) is 0 Å². The van der Waals surface area contributed by atoms with Crippen LogP contribution in [0.2, 0.25) is 0 Å². The van der Waals surface area contributed by atoms with E-state index < -0.39 is 5.97 Å². The fraction of sp³-hybridized carbons (Fsp3) is 0.588. The van der Waals surface area contributed by atoms with Crippen molar-refractivity contribution in [1.82, 2.24) is 4.90 Å². The number of piperidine rings is 1. The topological polar surface area (TPSA) is 40.5 Å². The summed E-state index contributed by atoms with van der Waals surface area (Å²) in [6.45, 7) is 3.88. The van der Waals surface area contributed by atoms with Crippen LogP contribution >= 0.6 is 15.9 Å². The van der Waals surface area contributed by atoms with Gasteiger partial charge in [0.25, 0.3) is 0 Å². The predicted molar refractivity (Wildman–Crippen MR) is 88.3 cm³/mol. The lowest BCUT2D eigenvalue weighted by Crippen LogP contribution is -2.40. The van der Waals surface area contributed by atoms with Gasteiger partial charge in [0.05, 0.1) is 5.92 Å². The van der Waals surface area contributed by atoms with E-state index in [4.69, 9.17) is 0 Å². The molecule has 0 aliphatic carbocycles. The first-order valence-corrected chi connectivity index (χ1v) is 8.63. The molecular weight excluding hydrogens is 330 g/mol. The number of halogens is 1. The van der Waals surface area contributed by atoms with Crippen molar-refractivity contribution >= 4 is 21.9 Å². The minimum absolute atomic E-state index is 0.213. The number of hydrogen-bond donors (Lipinski definition) is 1. The number of aliphatic carboxylic acids is 1. The molecule has 0 aromatic heterocycles. The van der Waals surface area contributed by atoms with Gasteiger partial charge in [0, 0.05) is 17.1 Å². The summed E-state index contributed by atoms with van der Waals surface area (Å²) in [6.07, 6.45) is 5.23. The number of likely N-dealkylation sites (tertiary alicyclic amines) is 1. The molecule has 2 atom stereocenters. The number of rotatable bonds is 6. The zero-order valence-corrected chi connectivity index (χ0v) is 14.2. The third kappa shape index (κ3) is 4.55. The Morgan fingerprint density at radius 1 is 1.52 bits per heavy atom. The predicted octanol–water partition coefficient (Wildman–Crippen LogP) is 4.48. The minimum Gasteiger partial charge on any atom is -0.481 e. The molecule has 0 radical (unpaired) electrons. The van der Waals surface area contributed by atoms with Gasteiger partial charge in [-0.25, -0.2) is 0 Å². The van der Waals surface area contributed by atoms with Crippen LogP contribution in [0.25, 0.3) is 0 Å². The van der Waals surface area contributed by atoms with Crippen LogP contribution in [0.15, 0.2) is 28.7 Å². The van der Waals surface area contributed by atoms with Crippen LogP contribution in [-0.2, 0) is 4.79 Å². The molecule has 1 saturated heterocycles. The lowest BCUT2D eigenvalue weighted by Gasteiger charge is -2.37. The van der Waals surface area contributed by atoms with Crippen molar-refractivity contribution in [3.05, 3.63) is 34.3 Å². The first-order valence-electron chi connectivity index (χ1n) is 7.84. The van der Waals surface area contributed by atoms with Gasteiger partial charge in [-0.2, -0.15) is 0 Å². The number of carbonyl (C=O) groups is 1. The molecule has 1 N–H and O–H groups in total. The molecule has 0 amide bonds. The number of benzene rings is 1. The highest BCUT2D eigenvalue weighted by atomic mass is 79.9. The Kier molecular flexibility index (Phi) is 6.24. The number of nitrogens with zero attached hydrogens (tertiary/aromatic N) is 1. The first-order chi connectivity index (χ1) is 10.1. The maximum absolute atomic E-state index is 11.3. The molecule has 116 valence electrons. The summed E-state index contributed by atoms with van der Waals surface area (Å²) in [5, 5.41) is 9.29. The van der Waals surface area contributed by atoms with Gasteiger partial charge in [-0.15, -0.1) is 0 Å². The van der Waals surface area contributed by atoms with Crippen LogP contribution in [0, 0.1) is 5.92 Å². The molecular formula is C17H24BrNO2. The van der Waals surface area contributed by atoms with Gasteiger partial charge in [-0.1, -0.05) is 47.8 Å². The molecule has 1 fully saturated rings. The molecule has 0 saturated carbocycles. The van der Waals surface area contributed by atoms with E-state index in [1.807, 2.05) is 6.07 Å². The first kappa shape index (κ1) is 16.5. The van der Waals surface area contributed by atoms with Crippen molar-refractivity contribution in [2.45, 2.75) is 45.1 Å². The molecule has 3 nitrogen and oxygen atoms in total. The third-order valence-corrected chi connectivity index (χ3v) is 4.80. The Labute approximate surface area is 135 Å². The molecule has 1 aromatic carbocycles. The van der Waals surface area contributed by atoms with E-state index in [2.05, 4.69) is 46.0 Å². The van der Waals surface area contributed by atoms with Gasteiger partial charge < -0.3 is 5.11 Å². The summed E-state index contributed by atoms with van der Waals surface area (Å²) in [5.74, 6) is -0.863. The van der Waals surface area contributed by atoms with E-state index in [0.717, 1.165) is 30.3 Å². The fourth-order valence-electron chi connectivity index (χ4n) is 3.16. The van der Waals surface area contributed by atoms with Gasteiger partial charge in [0.1, 0.15) is 0 Å². The van der Waals surface area contributed by atoms with Crippen molar-refractivity contribution in [3.63, 3.8) is 0 Å². The maximum atomic E-state index is 11.3. The highest BCUT2D eigenvalue weighted by molar-refractivity contribution is 9.10. The Morgan fingerprint density at radius 2 is 2.33 bits per heavy atom. The molecule has 1 aromatic rings. The Hall–Kier alpha value is -0.870. The minimum atomic E-state index is -0.650. The van der Waals surface area contributed by atoms with Crippen LogP contribution in [0.5, 0.6) is 0 Å². The summed E-state index contributed by atoms with van der Waals surface area (Å²) >= 11 is 3.55. The molecule has 1 aliphatic rings. The van der Waals surface area contributed by atoms with Gasteiger partial charge in [-0.05, 0) is 43.5 Å². The zero-order valence-electron chi connectivity index (χ0n) is 12.6. The van der Waals surface area contributed by atoms with Crippen LogP contribution in [0.1, 0.15) is 50.6 Å². The van der Waals surface area contributed by atoms with Gasteiger partial charge >= 0.3 is 5.97 Å². The summed E-state index contributed by atoms with van der Waals surface area (Å²) in [4.78, 5) is 13.7. The number of unbranched alkanes of at least 4 members (excludes halogenated alkanes) is 1. The quantitative estimate of drug-likeness (QED) is 0.819. The molecule has 2 rings (SSSR count). The van der Waals surface area contributed by atoms with E-state index in [-0.39, 0.29) is 5.92 Å². The van der Waals surface area contributed by atoms with Crippen molar-refractivity contribution < 1.29 is 9.90 Å². The standard InChI is InChI=1S/C17H24BrNO2/c1-2-3-9-16(13-6-4-8-15(18)11-13)19-10-5-7-14(12-19)17(20)21/h4,6,8,11,14,16H,2-3,5,7,9-10,12H2,1H3,(H,20,21). The van der Waals surface area contributed by atoms with E-state index in [9.17, 15) is 9.90 Å². The molecule has 0 bridgehead atoms. The summed E-state index contributed by atoms with van der Waals surface area (Å²) in [5.41, 5.74) is 1.30. The van der Waals surface area contributed by atoms with Crippen molar-refractivity contribution in [3.8, 4) is 0 Å². The van der Waals surface area contributed by atoms with Crippen LogP contribution in [-0.4, -0.2) is 29.1 Å². The smallest absolute Gasteiger partial charge is 0.307 e. The largest absolute Gasteiger partial charge is 0.481 e. The SMILES string of the molecule is CCCCC(c1cccc(Br)c1)N1CCCC(C(=O)O)C1. The van der Waals surface area contributed by atoms with Crippen LogP contribution in [0.3, 0.4) is 0 Å². The van der Waals surface area contributed by atoms with E-state index >= 15 is 0 Å². The molecule has 1 heterocycles. The van der Waals surface area contributed by atoms with E-state index in [1.165, 1.54) is 18.4 Å². The molecule has 1 aliphatic heterocycles. The number of carboxylic acid groups (broad SMARTS) is 1. The highest BCUT2D eigenvalue weighted by Crippen LogP contribution is 2.32.